The highest BCUT2D eigenvalue weighted by Gasteiger charge is 2.33. The summed E-state index contributed by atoms with van der Waals surface area (Å²) in [7, 11) is 0. The highest BCUT2D eigenvalue weighted by atomic mass is 32.1. The van der Waals surface area contributed by atoms with Gasteiger partial charge in [0, 0.05) is 16.6 Å². The number of nitrogens with one attached hydrogen (secondary N) is 1. The first-order valence-corrected chi connectivity index (χ1v) is 8.67. The molecule has 0 aliphatic carbocycles. The first kappa shape index (κ1) is 15.7. The summed E-state index contributed by atoms with van der Waals surface area (Å²) < 4.78 is 0. The van der Waals surface area contributed by atoms with E-state index in [9.17, 15) is 4.79 Å². The molecule has 1 amide bonds. The monoisotopic (exact) mass is 325 g/mol. The van der Waals surface area contributed by atoms with Crippen LogP contribution in [0.5, 0.6) is 0 Å². The number of hydrogen-bond donors (Lipinski definition) is 1. The lowest BCUT2D eigenvalue weighted by molar-refractivity contribution is -0.121. The average molecular weight is 325 g/mol. The van der Waals surface area contributed by atoms with E-state index >= 15 is 0 Å². The minimum atomic E-state index is -0.199. The highest BCUT2D eigenvalue weighted by molar-refractivity contribution is 7.10. The second-order valence-electron chi connectivity index (χ2n) is 5.77. The van der Waals surface area contributed by atoms with Crippen molar-refractivity contribution in [3.63, 3.8) is 0 Å². The normalized spacial score (nSPS) is 19.2. The minimum absolute atomic E-state index is 0.0245. The van der Waals surface area contributed by atoms with Crippen molar-refractivity contribution in [2.45, 2.75) is 31.8 Å². The zero-order chi connectivity index (χ0) is 16.2. The number of anilines is 1. The lowest BCUT2D eigenvalue weighted by atomic mass is 10.1. The van der Waals surface area contributed by atoms with Crippen LogP contribution in [-0.4, -0.2) is 23.4 Å². The van der Waals surface area contributed by atoms with Gasteiger partial charge in [-0.1, -0.05) is 12.1 Å². The van der Waals surface area contributed by atoms with Crippen LogP contribution in [0.1, 0.15) is 36.2 Å². The standard InChI is InChI=1S/C18H19N3OS/c1-13(18(22)20-15-6-2-5-14(11-15)12-19)21-9-3-7-16(21)17-8-4-10-23-17/h2,4-6,8,10-11,13,16H,3,7,9H2,1H3,(H,20,22)/t13-,16-/m1/s1. The molecule has 1 aliphatic rings. The molecule has 118 valence electrons. The molecule has 4 nitrogen and oxygen atoms in total. The van der Waals surface area contributed by atoms with Gasteiger partial charge in [0.15, 0.2) is 0 Å². The summed E-state index contributed by atoms with van der Waals surface area (Å²) in [6.45, 7) is 2.89. The zero-order valence-electron chi connectivity index (χ0n) is 13.0. The van der Waals surface area contributed by atoms with Crippen molar-refractivity contribution >= 4 is 22.9 Å². The third-order valence-corrected chi connectivity index (χ3v) is 5.28. The second kappa shape index (κ2) is 6.95. The number of likely N-dealkylation sites (tertiary alicyclic amines) is 1. The highest BCUT2D eigenvalue weighted by Crippen LogP contribution is 2.36. The van der Waals surface area contributed by atoms with E-state index in [0.717, 1.165) is 19.4 Å². The molecule has 1 aliphatic heterocycles. The van der Waals surface area contributed by atoms with Gasteiger partial charge in [-0.2, -0.15) is 5.26 Å². The quantitative estimate of drug-likeness (QED) is 0.930. The first-order valence-electron chi connectivity index (χ1n) is 7.79. The van der Waals surface area contributed by atoms with Gasteiger partial charge < -0.3 is 5.32 Å². The molecule has 0 bridgehead atoms. The Morgan fingerprint density at radius 2 is 2.30 bits per heavy atom. The van der Waals surface area contributed by atoms with Gasteiger partial charge in [-0.15, -0.1) is 11.3 Å². The summed E-state index contributed by atoms with van der Waals surface area (Å²) in [5.74, 6) is -0.0245. The molecule has 0 radical (unpaired) electrons. The van der Waals surface area contributed by atoms with E-state index in [2.05, 4.69) is 33.8 Å². The average Bonchev–Trinajstić information content (AvgIpc) is 3.25. The predicted molar refractivity (Wildman–Crippen MR) is 92.2 cm³/mol. The summed E-state index contributed by atoms with van der Waals surface area (Å²) in [6, 6.07) is 13.5. The number of nitriles is 1. The molecule has 23 heavy (non-hydrogen) atoms. The fourth-order valence-electron chi connectivity index (χ4n) is 3.10. The van der Waals surface area contributed by atoms with Crippen molar-refractivity contribution in [2.24, 2.45) is 0 Å². The SMILES string of the molecule is C[C@H](C(=O)Nc1cccc(C#N)c1)N1CCC[C@@H]1c1cccs1. The summed E-state index contributed by atoms with van der Waals surface area (Å²) in [4.78, 5) is 16.2. The van der Waals surface area contributed by atoms with Crippen LogP contribution in [0.15, 0.2) is 41.8 Å². The molecule has 1 fully saturated rings. The number of thiophene rings is 1. The molecule has 3 rings (SSSR count). The molecule has 0 spiro atoms. The largest absolute Gasteiger partial charge is 0.325 e. The maximum absolute atomic E-state index is 12.6. The number of amides is 1. The van der Waals surface area contributed by atoms with Crippen molar-refractivity contribution in [2.75, 3.05) is 11.9 Å². The molecule has 1 saturated heterocycles. The Morgan fingerprint density at radius 3 is 3.04 bits per heavy atom. The molecule has 5 heteroatoms. The predicted octanol–water partition coefficient (Wildman–Crippen LogP) is 3.78. The number of carbonyl (C=O) groups is 1. The maximum Gasteiger partial charge on any atom is 0.241 e. The van der Waals surface area contributed by atoms with Gasteiger partial charge in [0.05, 0.1) is 17.7 Å². The Morgan fingerprint density at radius 1 is 1.43 bits per heavy atom. The topological polar surface area (TPSA) is 56.1 Å². The van der Waals surface area contributed by atoms with Crippen LogP contribution in [0.4, 0.5) is 5.69 Å². The minimum Gasteiger partial charge on any atom is -0.325 e. The molecule has 1 N–H and O–H groups in total. The first-order chi connectivity index (χ1) is 11.2. The van der Waals surface area contributed by atoms with Crippen LogP contribution in [0.25, 0.3) is 0 Å². The third kappa shape index (κ3) is 3.44. The number of rotatable bonds is 4. The van der Waals surface area contributed by atoms with Crippen molar-refractivity contribution in [3.8, 4) is 6.07 Å². The van der Waals surface area contributed by atoms with Crippen molar-refractivity contribution in [3.05, 3.63) is 52.2 Å². The van der Waals surface area contributed by atoms with Crippen LogP contribution in [0, 0.1) is 11.3 Å². The third-order valence-electron chi connectivity index (χ3n) is 4.30. The fourth-order valence-corrected chi connectivity index (χ4v) is 3.98. The van der Waals surface area contributed by atoms with Crippen molar-refractivity contribution in [1.29, 1.82) is 5.26 Å². The van der Waals surface area contributed by atoms with E-state index in [1.54, 1.807) is 29.5 Å². The van der Waals surface area contributed by atoms with Crippen molar-refractivity contribution < 1.29 is 4.79 Å². The molecule has 2 atom stereocenters. The van der Waals surface area contributed by atoms with E-state index in [1.807, 2.05) is 13.0 Å². The Balaban J connectivity index is 1.70. The number of hydrogen-bond acceptors (Lipinski definition) is 4. The second-order valence-corrected chi connectivity index (χ2v) is 6.75. The number of nitrogens with zero attached hydrogens (tertiary/aromatic N) is 2. The summed E-state index contributed by atoms with van der Waals surface area (Å²) in [5.41, 5.74) is 1.22. The van der Waals surface area contributed by atoms with Gasteiger partial charge in [-0.05, 0) is 56.0 Å². The molecule has 1 aromatic carbocycles. The Kier molecular flexibility index (Phi) is 4.75. The van der Waals surface area contributed by atoms with Crippen LogP contribution >= 0.6 is 11.3 Å². The van der Waals surface area contributed by atoms with Gasteiger partial charge in [-0.3, -0.25) is 9.69 Å². The fraction of sp³-hybridized carbons (Fsp3) is 0.333. The summed E-state index contributed by atoms with van der Waals surface area (Å²) in [5, 5.41) is 14.0. The Labute approximate surface area is 140 Å². The maximum atomic E-state index is 12.6. The Bertz CT molecular complexity index is 720. The number of benzene rings is 1. The van der Waals surface area contributed by atoms with Crippen LogP contribution in [0.3, 0.4) is 0 Å². The van der Waals surface area contributed by atoms with Crippen molar-refractivity contribution in [1.82, 2.24) is 4.90 Å². The lowest BCUT2D eigenvalue weighted by Gasteiger charge is -2.29. The van der Waals surface area contributed by atoms with Gasteiger partial charge in [0.1, 0.15) is 0 Å². The molecular weight excluding hydrogens is 306 g/mol. The van der Waals surface area contributed by atoms with Crippen LogP contribution in [-0.2, 0) is 4.79 Å². The Hall–Kier alpha value is -2.16. The lowest BCUT2D eigenvalue weighted by Crippen LogP contribution is -2.41. The molecule has 2 aromatic rings. The molecule has 1 aromatic heterocycles. The number of carbonyl (C=O) groups excluding carboxylic acids is 1. The van der Waals surface area contributed by atoms with E-state index < -0.39 is 0 Å². The van der Waals surface area contributed by atoms with Gasteiger partial charge in [0.2, 0.25) is 5.91 Å². The smallest absolute Gasteiger partial charge is 0.241 e. The zero-order valence-corrected chi connectivity index (χ0v) is 13.8. The van der Waals surface area contributed by atoms with E-state index in [0.29, 0.717) is 17.3 Å². The van der Waals surface area contributed by atoms with Crippen LogP contribution < -0.4 is 5.32 Å². The molecular formula is C18H19N3OS. The molecule has 2 heterocycles. The van der Waals surface area contributed by atoms with E-state index in [1.165, 1.54) is 4.88 Å². The molecule has 0 unspecified atom stereocenters. The van der Waals surface area contributed by atoms with Gasteiger partial charge >= 0.3 is 0 Å². The van der Waals surface area contributed by atoms with E-state index in [4.69, 9.17) is 5.26 Å². The summed E-state index contributed by atoms with van der Waals surface area (Å²) >= 11 is 1.75. The van der Waals surface area contributed by atoms with Gasteiger partial charge in [-0.25, -0.2) is 0 Å². The van der Waals surface area contributed by atoms with Crippen LogP contribution in [0.2, 0.25) is 0 Å². The van der Waals surface area contributed by atoms with Gasteiger partial charge in [0.25, 0.3) is 0 Å². The summed E-state index contributed by atoms with van der Waals surface area (Å²) in [6.07, 6.45) is 2.21. The van der Waals surface area contributed by atoms with E-state index in [-0.39, 0.29) is 11.9 Å². The molecule has 0 saturated carbocycles.